The minimum Gasteiger partial charge on any atom is -0.398 e. The zero-order chi connectivity index (χ0) is 12.7. The molecule has 1 aromatic heterocycles. The number of hydrogen-bond donors (Lipinski definition) is 2. The molecule has 3 rings (SSSR count). The molecule has 0 fully saturated rings. The zero-order valence-corrected chi connectivity index (χ0v) is 10.8. The van der Waals surface area contributed by atoms with E-state index < -0.39 is 0 Å². The van der Waals surface area contributed by atoms with E-state index in [1.54, 1.807) is 11.3 Å². The predicted octanol–water partition coefficient (Wildman–Crippen LogP) is 3.44. The van der Waals surface area contributed by atoms with Gasteiger partial charge in [0.25, 0.3) is 0 Å². The molecule has 0 aliphatic heterocycles. The van der Waals surface area contributed by atoms with Gasteiger partial charge in [0.05, 0.1) is 10.2 Å². The first-order chi connectivity index (χ1) is 8.65. The van der Waals surface area contributed by atoms with E-state index in [-0.39, 0.29) is 0 Å². The predicted molar refractivity (Wildman–Crippen MR) is 78.6 cm³/mol. The summed E-state index contributed by atoms with van der Waals surface area (Å²) in [6, 6.07) is 12.0. The van der Waals surface area contributed by atoms with Crippen LogP contribution in [0.1, 0.15) is 5.56 Å². The molecule has 0 atom stereocenters. The summed E-state index contributed by atoms with van der Waals surface area (Å²) in [6.45, 7) is 1.92. The molecule has 1 heterocycles. The Labute approximate surface area is 109 Å². The van der Waals surface area contributed by atoms with Crippen LogP contribution in [-0.4, -0.2) is 4.98 Å². The molecule has 4 N–H and O–H groups in total. The number of aromatic nitrogens is 1. The number of hydrogen-bond acceptors (Lipinski definition) is 4. The number of nitrogens with zero attached hydrogens (tertiary/aromatic N) is 1. The number of anilines is 2. The van der Waals surface area contributed by atoms with E-state index in [0.29, 0.717) is 11.4 Å². The fraction of sp³-hybridized carbons (Fsp3) is 0.0714. The third kappa shape index (κ3) is 1.71. The second-order valence-electron chi connectivity index (χ2n) is 4.27. The molecule has 18 heavy (non-hydrogen) atoms. The van der Waals surface area contributed by atoms with Gasteiger partial charge in [-0.3, -0.25) is 0 Å². The highest BCUT2D eigenvalue weighted by Crippen LogP contribution is 2.33. The van der Waals surface area contributed by atoms with Crippen LogP contribution in [0.5, 0.6) is 0 Å². The Balaban J connectivity index is 2.20. The summed E-state index contributed by atoms with van der Waals surface area (Å²) in [5.74, 6) is 0. The maximum absolute atomic E-state index is 5.95. The van der Waals surface area contributed by atoms with Crippen LogP contribution in [0, 0.1) is 6.92 Å². The second-order valence-corrected chi connectivity index (χ2v) is 5.30. The summed E-state index contributed by atoms with van der Waals surface area (Å²) in [7, 11) is 0. The van der Waals surface area contributed by atoms with Gasteiger partial charge < -0.3 is 11.5 Å². The lowest BCUT2D eigenvalue weighted by atomic mass is 10.1. The van der Waals surface area contributed by atoms with Crippen LogP contribution >= 0.6 is 11.3 Å². The minimum absolute atomic E-state index is 0.712. The van der Waals surface area contributed by atoms with Crippen molar-refractivity contribution in [3.63, 3.8) is 0 Å². The highest BCUT2D eigenvalue weighted by atomic mass is 32.1. The molecule has 4 heteroatoms. The topological polar surface area (TPSA) is 64.9 Å². The molecule has 0 amide bonds. The Morgan fingerprint density at radius 2 is 1.72 bits per heavy atom. The molecule has 3 aromatic rings. The first-order valence-electron chi connectivity index (χ1n) is 5.66. The van der Waals surface area contributed by atoms with Gasteiger partial charge in [0, 0.05) is 16.9 Å². The van der Waals surface area contributed by atoms with Crippen LogP contribution in [0.2, 0.25) is 0 Å². The molecule has 0 radical (unpaired) electrons. The van der Waals surface area contributed by atoms with Crippen LogP contribution in [-0.2, 0) is 0 Å². The molecule has 0 bridgehead atoms. The van der Waals surface area contributed by atoms with E-state index in [2.05, 4.69) is 11.1 Å². The number of thiazole rings is 1. The van der Waals surface area contributed by atoms with Gasteiger partial charge >= 0.3 is 0 Å². The van der Waals surface area contributed by atoms with Gasteiger partial charge in [0.2, 0.25) is 0 Å². The molecular weight excluding hydrogens is 242 g/mol. The number of rotatable bonds is 1. The van der Waals surface area contributed by atoms with Crippen molar-refractivity contribution in [2.45, 2.75) is 6.92 Å². The summed E-state index contributed by atoms with van der Waals surface area (Å²) in [6.07, 6.45) is 0. The van der Waals surface area contributed by atoms with Crippen molar-refractivity contribution in [3.05, 3.63) is 42.0 Å². The molecule has 90 valence electrons. The van der Waals surface area contributed by atoms with Crippen LogP contribution in [0.4, 0.5) is 11.4 Å². The molecule has 0 unspecified atom stereocenters. The fourth-order valence-corrected chi connectivity index (χ4v) is 2.83. The van der Waals surface area contributed by atoms with Crippen molar-refractivity contribution >= 4 is 32.9 Å². The van der Waals surface area contributed by atoms with Gasteiger partial charge in [-0.1, -0.05) is 12.1 Å². The summed E-state index contributed by atoms with van der Waals surface area (Å²) in [4.78, 5) is 4.60. The zero-order valence-electron chi connectivity index (χ0n) is 9.97. The molecular formula is C14H13N3S. The maximum Gasteiger partial charge on any atom is 0.124 e. The van der Waals surface area contributed by atoms with E-state index in [4.69, 9.17) is 11.5 Å². The lowest BCUT2D eigenvalue weighted by Crippen LogP contribution is -1.96. The molecule has 0 saturated heterocycles. The molecule has 0 aliphatic rings. The third-order valence-corrected chi connectivity index (χ3v) is 4.11. The Bertz CT molecular complexity index is 675. The minimum atomic E-state index is 0.712. The third-order valence-electron chi connectivity index (χ3n) is 3.03. The van der Waals surface area contributed by atoms with E-state index in [9.17, 15) is 0 Å². The van der Waals surface area contributed by atoms with Crippen LogP contribution in [0.15, 0.2) is 36.4 Å². The van der Waals surface area contributed by atoms with Crippen molar-refractivity contribution in [2.24, 2.45) is 0 Å². The van der Waals surface area contributed by atoms with Gasteiger partial charge in [-0.05, 0) is 36.8 Å². The monoisotopic (exact) mass is 255 g/mol. The lowest BCUT2D eigenvalue weighted by Gasteiger charge is -2.06. The van der Waals surface area contributed by atoms with Gasteiger partial charge in [-0.15, -0.1) is 11.3 Å². The first kappa shape index (κ1) is 11.0. The van der Waals surface area contributed by atoms with Crippen LogP contribution < -0.4 is 11.5 Å². The summed E-state index contributed by atoms with van der Waals surface area (Å²) >= 11 is 1.65. The molecule has 3 nitrogen and oxygen atoms in total. The van der Waals surface area contributed by atoms with E-state index in [1.165, 1.54) is 4.70 Å². The number of para-hydroxylation sites is 1. The molecule has 2 aromatic carbocycles. The standard InChI is InChI=1S/C14H13N3S/c1-8-10(15)6-9(7-11(8)16)14-17-12-4-2-3-5-13(12)18-14/h2-7H,15-16H2,1H3. The van der Waals surface area contributed by atoms with Gasteiger partial charge in [-0.25, -0.2) is 4.98 Å². The lowest BCUT2D eigenvalue weighted by molar-refractivity contribution is 1.44. The van der Waals surface area contributed by atoms with Gasteiger partial charge in [0.1, 0.15) is 5.01 Å². The smallest absolute Gasteiger partial charge is 0.124 e. The molecule has 0 aliphatic carbocycles. The van der Waals surface area contributed by atoms with Crippen LogP contribution in [0.25, 0.3) is 20.8 Å². The van der Waals surface area contributed by atoms with Crippen molar-refractivity contribution in [1.29, 1.82) is 0 Å². The largest absolute Gasteiger partial charge is 0.398 e. The number of benzene rings is 2. The first-order valence-corrected chi connectivity index (χ1v) is 6.48. The molecule has 0 saturated carbocycles. The fourth-order valence-electron chi connectivity index (χ4n) is 1.88. The van der Waals surface area contributed by atoms with Crippen molar-refractivity contribution in [3.8, 4) is 10.6 Å². The maximum atomic E-state index is 5.95. The Kier molecular flexibility index (Phi) is 2.45. The quantitative estimate of drug-likeness (QED) is 0.655. The summed E-state index contributed by atoms with van der Waals surface area (Å²) in [5.41, 5.74) is 16.2. The normalized spacial score (nSPS) is 10.9. The number of nitrogens with two attached hydrogens (primary N) is 2. The number of nitrogen functional groups attached to an aromatic ring is 2. The van der Waals surface area contributed by atoms with Crippen LogP contribution in [0.3, 0.4) is 0 Å². The van der Waals surface area contributed by atoms with E-state index in [1.807, 2.05) is 37.3 Å². The van der Waals surface area contributed by atoms with Crippen molar-refractivity contribution < 1.29 is 0 Å². The van der Waals surface area contributed by atoms with Gasteiger partial charge in [0.15, 0.2) is 0 Å². The summed E-state index contributed by atoms with van der Waals surface area (Å²) < 4.78 is 1.17. The van der Waals surface area contributed by atoms with E-state index >= 15 is 0 Å². The van der Waals surface area contributed by atoms with Crippen molar-refractivity contribution in [1.82, 2.24) is 4.98 Å². The number of fused-ring (bicyclic) bond motifs is 1. The van der Waals surface area contributed by atoms with Crippen molar-refractivity contribution in [2.75, 3.05) is 11.5 Å². The average molecular weight is 255 g/mol. The highest BCUT2D eigenvalue weighted by Gasteiger charge is 2.09. The Morgan fingerprint density at radius 1 is 1.06 bits per heavy atom. The molecule has 0 spiro atoms. The second kappa shape index (κ2) is 3.99. The average Bonchev–Trinajstić information content (AvgIpc) is 2.79. The SMILES string of the molecule is Cc1c(N)cc(-c2nc3ccccc3s2)cc1N. The highest BCUT2D eigenvalue weighted by molar-refractivity contribution is 7.21. The Morgan fingerprint density at radius 3 is 2.39 bits per heavy atom. The van der Waals surface area contributed by atoms with Gasteiger partial charge in [-0.2, -0.15) is 0 Å². The van der Waals surface area contributed by atoms with E-state index in [0.717, 1.165) is 21.7 Å². The Hall–Kier alpha value is -2.07. The summed E-state index contributed by atoms with van der Waals surface area (Å²) in [5, 5.41) is 0.953.